The van der Waals surface area contributed by atoms with Crippen LogP contribution in [0.1, 0.15) is 134 Å². The first kappa shape index (κ1) is 105. The summed E-state index contributed by atoms with van der Waals surface area (Å²) >= 11 is 0.796. The number of aromatic amines is 2. The van der Waals surface area contributed by atoms with Crippen molar-refractivity contribution in [1.82, 2.24) is 97.9 Å². The molecule has 42 heteroatoms. The van der Waals surface area contributed by atoms with Crippen LogP contribution in [0.4, 0.5) is 0 Å². The Morgan fingerprint density at radius 1 is 0.549 bits per heavy atom. The molecule has 13 atom stereocenters. The standard InChI is InChI=1S/C91H127N23O18S/c1-10-12-30-71-84(126)103-62(29-21-35-97-91(94)95)80(122)109-70(79(121)99-46-75(93)117)49-133-50-77(119)102-66(39-54-23-15-14-16-24-54)87(129)111(7)53(5)78(120)105-68(43-74(92)116)89(131)114-36-22-32-72(114)85(127)104-64(42-59-45-96-51-100-59)82(124)106-65(37-52(3)4)86(128)110(6)47-76(118)101-63(40-55-33-34-56-25-17-18-26-57(56)38-55)81(123)108-69(48-115)83(125)107-67(41-58-44-98-61-28-20-19-27-60(58)61)88(130)113(9)73(31-13-11-2)90(132)112(71)8/h14-20,23-28,33-34,38,44-45,51-53,62-73,98,115H,10-13,21-22,29-32,35-37,39-43,46-50H2,1-9H3,(H2,92,116)(H2,93,117)(H,96,100)(H,99,121)(H,101,118)(H,102,119)(H,103,126)(H,104,127)(H,105,120)(H,106,124)(H,107,125)(H,108,123)(H,109,122)(H4,94,95,97)/t53-,62-,63-,64-,65-,66-,67-,68-,69-,70-,71-,72-,73-/m0/s1. The third-order valence-corrected chi connectivity index (χ3v) is 24.3. The van der Waals surface area contributed by atoms with E-state index in [0.29, 0.717) is 59.0 Å². The van der Waals surface area contributed by atoms with E-state index in [2.05, 4.69) is 73.4 Å². The molecule has 0 saturated carbocycles. The number of imidazole rings is 1. The molecule has 4 aromatic carbocycles. The largest absolute Gasteiger partial charge is 0.394 e. The van der Waals surface area contributed by atoms with E-state index in [1.165, 1.54) is 47.6 Å². The predicted octanol–water partition coefficient (Wildman–Crippen LogP) is -1.47. The van der Waals surface area contributed by atoms with Gasteiger partial charge in [0.2, 0.25) is 100 Å². The van der Waals surface area contributed by atoms with E-state index < -0.39 is 223 Å². The number of carbonyl (C=O) groups is 17. The van der Waals surface area contributed by atoms with E-state index >= 15 is 24.0 Å². The van der Waals surface area contributed by atoms with Gasteiger partial charge in [0.1, 0.15) is 78.5 Å². The minimum atomic E-state index is -1.85. The summed E-state index contributed by atoms with van der Waals surface area (Å²) < 4.78 is 0. The maximum Gasteiger partial charge on any atom is 0.246 e. The predicted molar refractivity (Wildman–Crippen MR) is 495 cm³/mol. The van der Waals surface area contributed by atoms with Crippen LogP contribution in [0.2, 0.25) is 0 Å². The molecule has 0 aliphatic carbocycles. The average molecular weight is 1860 g/mol. The van der Waals surface area contributed by atoms with Crippen LogP contribution in [0.5, 0.6) is 0 Å². The van der Waals surface area contributed by atoms with Crippen molar-refractivity contribution in [2.24, 2.45) is 23.1 Å². The van der Waals surface area contributed by atoms with Crippen LogP contribution in [0.15, 0.2) is 116 Å². The number of amides is 17. The molecule has 0 unspecified atom stereocenters. The Balaban J connectivity index is 1.18. The highest BCUT2D eigenvalue weighted by molar-refractivity contribution is 8.00. The lowest BCUT2D eigenvalue weighted by Gasteiger charge is -2.36. The Morgan fingerprint density at radius 3 is 1.80 bits per heavy atom. The average Bonchev–Trinajstić information content (AvgIpc) is 1.73. The lowest BCUT2D eigenvalue weighted by atomic mass is 9.99. The first-order valence-electron chi connectivity index (χ1n) is 44.6. The number of nitrogens with zero attached hydrogens (tertiary/aromatic N) is 6. The number of nitrogens with two attached hydrogens (primary N) is 3. The fraction of sp³-hybridized carbons (Fsp3) is 0.505. The van der Waals surface area contributed by atoms with Gasteiger partial charge in [0.05, 0.1) is 38.2 Å². The molecule has 0 bridgehead atoms. The number of primary amides is 2. The Labute approximate surface area is 775 Å². The van der Waals surface area contributed by atoms with Gasteiger partial charge in [-0.3, -0.25) is 86.9 Å². The van der Waals surface area contributed by atoms with E-state index in [4.69, 9.17) is 22.6 Å². The summed E-state index contributed by atoms with van der Waals surface area (Å²) in [6.07, 6.45) is 4.42. The van der Waals surface area contributed by atoms with Crippen molar-refractivity contribution >= 4 is 140 Å². The van der Waals surface area contributed by atoms with Crippen molar-refractivity contribution in [3.8, 4) is 0 Å². The number of guanidine groups is 1. The molecule has 21 N–H and O–H groups in total. The molecule has 2 fully saturated rings. The molecule has 2 saturated heterocycles. The monoisotopic (exact) mass is 1860 g/mol. The van der Waals surface area contributed by atoms with Gasteiger partial charge in [-0.25, -0.2) is 4.98 Å². The van der Waals surface area contributed by atoms with Crippen LogP contribution >= 0.6 is 11.8 Å². The number of para-hydroxylation sites is 1. The third kappa shape index (κ3) is 31.1. The van der Waals surface area contributed by atoms with Gasteiger partial charge in [0.25, 0.3) is 0 Å². The Kier molecular flexibility index (Phi) is 40.4. The highest BCUT2D eigenvalue weighted by Gasteiger charge is 2.44. The number of rotatable bonds is 26. The Hall–Kier alpha value is -13.5. The maximum atomic E-state index is 15.7. The summed E-state index contributed by atoms with van der Waals surface area (Å²) in [5.74, 6) is -17.1. The number of aromatic nitrogens is 3. The van der Waals surface area contributed by atoms with Gasteiger partial charge in [0, 0.05) is 102 Å². The van der Waals surface area contributed by atoms with E-state index in [9.17, 15) is 62.6 Å². The second kappa shape index (κ2) is 51.3. The van der Waals surface area contributed by atoms with Crippen LogP contribution in [-0.2, 0) is 107 Å². The van der Waals surface area contributed by atoms with E-state index in [1.807, 2.05) is 32.0 Å². The summed E-state index contributed by atoms with van der Waals surface area (Å²) in [6, 6.07) is 8.51. The molecule has 0 radical (unpaired) electrons. The number of thioether (sulfide) groups is 1. The fourth-order valence-electron chi connectivity index (χ4n) is 15.9. The van der Waals surface area contributed by atoms with Crippen molar-refractivity contribution in [1.29, 1.82) is 5.41 Å². The molecular formula is C91H127N23O18S. The number of hydrogen-bond acceptors (Lipinski definition) is 21. The minimum Gasteiger partial charge on any atom is -0.394 e. The van der Waals surface area contributed by atoms with E-state index in [1.54, 1.807) is 98.9 Å². The van der Waals surface area contributed by atoms with Crippen LogP contribution in [-0.4, -0.2) is 302 Å². The smallest absolute Gasteiger partial charge is 0.246 e. The van der Waals surface area contributed by atoms with Crippen LogP contribution < -0.4 is 75.7 Å². The summed E-state index contributed by atoms with van der Waals surface area (Å²) in [6.45, 7) is 5.94. The molecule has 6 aromatic rings. The summed E-state index contributed by atoms with van der Waals surface area (Å²) in [5.41, 5.74) is 19.4. The molecule has 17 amide bonds. The van der Waals surface area contributed by atoms with Gasteiger partial charge in [-0.1, -0.05) is 144 Å². The van der Waals surface area contributed by atoms with Gasteiger partial charge in [-0.05, 0) is 91.3 Å². The van der Waals surface area contributed by atoms with Crippen molar-refractivity contribution in [3.63, 3.8) is 0 Å². The normalized spacial score (nSPS) is 23.4. The number of aliphatic hydroxyl groups is 1. The summed E-state index contributed by atoms with van der Waals surface area (Å²) in [4.78, 5) is 264. The number of nitrogens with one attached hydrogen (secondary N) is 14. The number of likely N-dealkylation sites (N-methyl/N-ethyl adjacent to an activating group) is 4. The SMILES string of the molecule is CCCC[C@H]1C(=O)N(C)[C@@H](CCCC)C(=O)N[C@@H](CCCNC(=N)N)C(=O)N[C@H](C(=O)NCC(N)=O)CSCC(=O)N[C@@H](Cc2ccccc2)C(=O)N(C)[C@@H](C)C(=O)N[C@@H](CC(N)=O)C(=O)N2CCC[C@H]2C(=O)N[C@@H](Cc2cnc[nH]2)C(=O)N[C@@H](CC(C)C)C(=O)N(C)CC(=O)N[C@@H](Cc2ccc3ccccc3c2)C(=O)N[C@@H](CO)C(=O)N[C@@H](Cc2c[nH]c3ccccc23)C(=O)N1C. The molecule has 2 aromatic heterocycles. The number of fused-ring (bicyclic) bond motifs is 3. The van der Waals surface area contributed by atoms with Crippen molar-refractivity contribution < 1.29 is 86.6 Å². The number of benzene rings is 4. The van der Waals surface area contributed by atoms with Gasteiger partial charge in [-0.15, -0.1) is 11.8 Å². The fourth-order valence-corrected chi connectivity index (χ4v) is 16.7. The molecule has 8 rings (SSSR count). The molecule has 133 heavy (non-hydrogen) atoms. The Morgan fingerprint density at radius 2 is 1.14 bits per heavy atom. The van der Waals surface area contributed by atoms with E-state index in [-0.39, 0.29) is 89.6 Å². The molecule has 2 aliphatic heterocycles. The zero-order chi connectivity index (χ0) is 97.3. The number of unbranched alkanes of at least 4 members (excludes halogenated alkanes) is 2. The minimum absolute atomic E-state index is 0.00169. The van der Waals surface area contributed by atoms with Crippen molar-refractivity contribution in [3.05, 3.63) is 138 Å². The molecule has 2 aliphatic rings. The third-order valence-electron chi connectivity index (χ3n) is 23.3. The first-order valence-corrected chi connectivity index (χ1v) is 45.8. The maximum absolute atomic E-state index is 15.7. The van der Waals surface area contributed by atoms with Crippen molar-refractivity contribution in [2.75, 3.05) is 72.5 Å². The highest BCUT2D eigenvalue weighted by Crippen LogP contribution is 2.26. The first-order chi connectivity index (χ1) is 63.4. The molecule has 0 spiro atoms. The number of hydrogen-bond donors (Lipinski definition) is 18. The molecule has 41 nitrogen and oxygen atoms in total. The lowest BCUT2D eigenvalue weighted by Crippen LogP contribution is -2.61. The molecule has 4 heterocycles. The molecule has 720 valence electrons. The summed E-state index contributed by atoms with van der Waals surface area (Å²) in [7, 11) is 5.26. The number of H-pyrrole nitrogens is 2. The zero-order valence-corrected chi connectivity index (χ0v) is 77.3. The highest BCUT2D eigenvalue weighted by atomic mass is 32.2. The Bertz CT molecular complexity index is 5100. The lowest BCUT2D eigenvalue weighted by molar-refractivity contribution is -0.149. The van der Waals surface area contributed by atoms with Gasteiger partial charge in [0.15, 0.2) is 5.96 Å². The molecular weight excluding hydrogens is 1740 g/mol. The topological polar surface area (TPSA) is 605 Å². The summed E-state index contributed by atoms with van der Waals surface area (Å²) in [5, 5.41) is 50.4. The van der Waals surface area contributed by atoms with Crippen LogP contribution in [0, 0.1) is 11.3 Å². The van der Waals surface area contributed by atoms with Gasteiger partial charge in [-0.2, -0.15) is 0 Å². The van der Waals surface area contributed by atoms with Gasteiger partial charge >= 0.3 is 0 Å². The van der Waals surface area contributed by atoms with Gasteiger partial charge < -0.3 is 115 Å². The zero-order valence-electron chi connectivity index (χ0n) is 76.5. The second-order valence-electron chi connectivity index (χ2n) is 34.0. The van der Waals surface area contributed by atoms with Crippen LogP contribution in [0.3, 0.4) is 0 Å². The van der Waals surface area contributed by atoms with E-state index in [0.717, 1.165) is 47.0 Å². The second-order valence-corrected chi connectivity index (χ2v) is 35.0. The number of carbonyl (C=O) groups excluding carboxylic acids is 17. The van der Waals surface area contributed by atoms with Crippen LogP contribution in [0.25, 0.3) is 21.7 Å². The number of aliphatic hydroxyl groups excluding tert-OH is 1. The quantitative estimate of drug-likeness (QED) is 0.0168. The van der Waals surface area contributed by atoms with Crippen molar-refractivity contribution in [2.45, 2.75) is 216 Å².